The zero-order valence-corrected chi connectivity index (χ0v) is 26.3. The van der Waals surface area contributed by atoms with Crippen molar-refractivity contribution in [1.29, 1.82) is 0 Å². The number of hydrogen-bond donors (Lipinski definition) is 0. The first-order valence-electron chi connectivity index (χ1n) is 14.2. The lowest BCUT2D eigenvalue weighted by Crippen LogP contribution is -2.44. The highest BCUT2D eigenvalue weighted by atomic mass is 35.5. The minimum Gasteiger partial charge on any atom is -0.448 e. The summed E-state index contributed by atoms with van der Waals surface area (Å²) in [6.45, 7) is 10.5. The van der Waals surface area contributed by atoms with Crippen molar-refractivity contribution in [1.82, 2.24) is 4.90 Å². The van der Waals surface area contributed by atoms with E-state index in [0.717, 1.165) is 17.5 Å². The van der Waals surface area contributed by atoms with Gasteiger partial charge in [-0.3, -0.25) is 19.7 Å². The Morgan fingerprint density at radius 1 is 0.955 bits per heavy atom. The molecule has 2 aromatic rings. The number of rotatable bonds is 5. The predicted octanol–water partition coefficient (Wildman–Crippen LogP) is 9.42. The summed E-state index contributed by atoms with van der Waals surface area (Å²) in [7, 11) is 0. The van der Waals surface area contributed by atoms with Crippen LogP contribution in [0.2, 0.25) is 10.0 Å². The molecule has 0 radical (unpaired) electrons. The fourth-order valence-electron chi connectivity index (χ4n) is 6.68. The molecule has 2 aliphatic carbocycles. The standard InChI is InChI=1S/C32H31Cl2F3N2O5/c1-6-38-21-12-30(2,3)14-23(40)27(21)26(28-22(38)13-31(4,5)15-24(28)41)18-10-17(33)11-19(34)29(18)44-25-8-7-16(32(35,36)37)9-20(25)39(42)43/h7-11,26H,6,12-15H2,1-5H3. The third kappa shape index (κ3) is 5.74. The molecule has 0 N–H and O–H groups in total. The molecule has 7 nitrogen and oxygen atoms in total. The first kappa shape index (κ1) is 32.0. The quantitative estimate of drug-likeness (QED) is 0.236. The van der Waals surface area contributed by atoms with Gasteiger partial charge in [0, 0.05) is 64.5 Å². The van der Waals surface area contributed by atoms with Gasteiger partial charge in [0.25, 0.3) is 0 Å². The zero-order valence-electron chi connectivity index (χ0n) is 24.8. The van der Waals surface area contributed by atoms with E-state index in [-0.39, 0.29) is 56.6 Å². The molecule has 2 aromatic carbocycles. The summed E-state index contributed by atoms with van der Waals surface area (Å²) >= 11 is 13.1. The Kier molecular flexibility index (Phi) is 7.94. The first-order valence-corrected chi connectivity index (χ1v) is 14.9. The maximum atomic E-state index is 14.0. The Morgan fingerprint density at radius 3 is 1.98 bits per heavy atom. The molecule has 12 heteroatoms. The third-order valence-electron chi connectivity index (χ3n) is 8.38. The molecule has 1 aliphatic heterocycles. The van der Waals surface area contributed by atoms with Gasteiger partial charge >= 0.3 is 11.9 Å². The third-order valence-corrected chi connectivity index (χ3v) is 8.88. The van der Waals surface area contributed by atoms with E-state index in [1.165, 1.54) is 12.1 Å². The van der Waals surface area contributed by atoms with Crippen LogP contribution in [0.3, 0.4) is 0 Å². The van der Waals surface area contributed by atoms with Crippen molar-refractivity contribution in [2.45, 2.75) is 72.4 Å². The lowest BCUT2D eigenvalue weighted by Gasteiger charge is -2.49. The second-order valence-corrected chi connectivity index (χ2v) is 14.0. The number of allylic oxidation sites excluding steroid dienone is 4. The fourth-order valence-corrected chi connectivity index (χ4v) is 7.22. The molecule has 0 atom stereocenters. The molecule has 234 valence electrons. The molecular formula is C32H31Cl2F3N2O5. The van der Waals surface area contributed by atoms with Crippen molar-refractivity contribution in [2.24, 2.45) is 10.8 Å². The number of Topliss-reactive ketones (excluding diaryl/α,β-unsaturated/α-hetero) is 2. The van der Waals surface area contributed by atoms with Gasteiger partial charge in [-0.1, -0.05) is 50.9 Å². The molecule has 3 aliphatic rings. The number of alkyl halides is 3. The van der Waals surface area contributed by atoms with E-state index in [9.17, 15) is 32.9 Å². The van der Waals surface area contributed by atoms with E-state index in [4.69, 9.17) is 27.9 Å². The van der Waals surface area contributed by atoms with Crippen LogP contribution in [0.4, 0.5) is 18.9 Å². The number of benzene rings is 2. The van der Waals surface area contributed by atoms with Gasteiger partial charge in [-0.25, -0.2) is 0 Å². The number of ether oxygens (including phenoxy) is 1. The van der Waals surface area contributed by atoms with Gasteiger partial charge in [0.2, 0.25) is 5.75 Å². The number of nitrogens with zero attached hydrogens (tertiary/aromatic N) is 2. The van der Waals surface area contributed by atoms with Gasteiger partial charge in [0.1, 0.15) is 0 Å². The van der Waals surface area contributed by atoms with E-state index in [1.807, 2.05) is 34.6 Å². The van der Waals surface area contributed by atoms with Crippen LogP contribution in [0.5, 0.6) is 11.5 Å². The Bertz CT molecular complexity index is 1620. The van der Waals surface area contributed by atoms with Gasteiger partial charge in [0.15, 0.2) is 17.3 Å². The molecule has 44 heavy (non-hydrogen) atoms. The van der Waals surface area contributed by atoms with Crippen molar-refractivity contribution in [3.8, 4) is 11.5 Å². The van der Waals surface area contributed by atoms with E-state index in [2.05, 4.69) is 4.90 Å². The minimum absolute atomic E-state index is 0.0870. The number of nitro groups is 1. The van der Waals surface area contributed by atoms with E-state index >= 15 is 0 Å². The molecule has 0 spiro atoms. The number of halogens is 5. The van der Waals surface area contributed by atoms with E-state index < -0.39 is 34.0 Å². The normalized spacial score (nSPS) is 20.1. The Labute approximate surface area is 262 Å². The maximum absolute atomic E-state index is 14.0. The summed E-state index contributed by atoms with van der Waals surface area (Å²) in [4.78, 5) is 40.9. The molecule has 0 saturated carbocycles. The van der Waals surface area contributed by atoms with Crippen molar-refractivity contribution in [2.75, 3.05) is 6.54 Å². The molecule has 0 fully saturated rings. The molecule has 0 aromatic heterocycles. The van der Waals surface area contributed by atoms with E-state index in [1.54, 1.807) is 0 Å². The van der Waals surface area contributed by atoms with E-state index in [0.29, 0.717) is 42.7 Å². The summed E-state index contributed by atoms with van der Waals surface area (Å²) in [6.07, 6.45) is -3.28. The highest BCUT2D eigenvalue weighted by molar-refractivity contribution is 6.35. The first-order chi connectivity index (χ1) is 20.3. The van der Waals surface area contributed by atoms with Gasteiger partial charge in [-0.15, -0.1) is 0 Å². The molecule has 0 unspecified atom stereocenters. The molecule has 5 rings (SSSR count). The van der Waals surface area contributed by atoms with Gasteiger partial charge < -0.3 is 9.64 Å². The predicted molar refractivity (Wildman–Crippen MR) is 160 cm³/mol. The summed E-state index contributed by atoms with van der Waals surface area (Å²) in [6, 6.07) is 4.75. The van der Waals surface area contributed by atoms with Crippen molar-refractivity contribution < 1.29 is 32.4 Å². The Morgan fingerprint density at radius 2 is 1.50 bits per heavy atom. The topological polar surface area (TPSA) is 89.8 Å². The monoisotopic (exact) mass is 650 g/mol. The number of ketones is 2. The SMILES string of the molecule is CCN1C2=C(C(=O)CC(C)(C)C2)C(c2cc(Cl)cc(Cl)c2Oc2ccc(C(F)(F)F)cc2[N+](=O)[O-])C2=C1CC(C)(C)CC2=O. The number of carbonyl (C=O) groups is 2. The fraction of sp³-hybridized carbons (Fsp3) is 0.438. The zero-order chi connectivity index (χ0) is 32.5. The molecule has 0 saturated heterocycles. The van der Waals surface area contributed by atoms with Crippen LogP contribution in [-0.4, -0.2) is 27.9 Å². The Balaban J connectivity index is 1.78. The lowest BCUT2D eigenvalue weighted by atomic mass is 9.63. The van der Waals surface area contributed by atoms with Crippen LogP contribution in [0.25, 0.3) is 0 Å². The molecule has 1 heterocycles. The maximum Gasteiger partial charge on any atom is 0.416 e. The van der Waals surface area contributed by atoms with Crippen LogP contribution in [0.1, 0.15) is 77.3 Å². The molecule has 0 bridgehead atoms. The second-order valence-electron chi connectivity index (χ2n) is 13.1. The minimum atomic E-state index is -4.82. The van der Waals surface area contributed by atoms with Crippen LogP contribution >= 0.6 is 23.2 Å². The van der Waals surface area contributed by atoms with Crippen molar-refractivity contribution in [3.05, 3.63) is 84.2 Å². The number of carbonyl (C=O) groups excluding carboxylic acids is 2. The smallest absolute Gasteiger partial charge is 0.416 e. The summed E-state index contributed by atoms with van der Waals surface area (Å²) in [5, 5.41) is 11.9. The van der Waals surface area contributed by atoms with Crippen LogP contribution in [0.15, 0.2) is 52.9 Å². The van der Waals surface area contributed by atoms with Crippen molar-refractivity contribution >= 4 is 40.5 Å². The molecule has 0 amide bonds. The van der Waals surface area contributed by atoms with Gasteiger partial charge in [0.05, 0.1) is 15.5 Å². The van der Waals surface area contributed by atoms with Crippen LogP contribution in [-0.2, 0) is 15.8 Å². The van der Waals surface area contributed by atoms with Gasteiger partial charge in [-0.2, -0.15) is 13.2 Å². The number of nitro benzene ring substituents is 1. The highest BCUT2D eigenvalue weighted by Gasteiger charge is 2.49. The van der Waals surface area contributed by atoms with Gasteiger partial charge in [-0.05, 0) is 54.9 Å². The number of hydrogen-bond acceptors (Lipinski definition) is 6. The van der Waals surface area contributed by atoms with Crippen LogP contribution < -0.4 is 4.74 Å². The average molecular weight is 652 g/mol. The Hall–Kier alpha value is -3.37. The summed E-state index contributed by atoms with van der Waals surface area (Å²) in [5.41, 5.74) is -0.251. The summed E-state index contributed by atoms with van der Waals surface area (Å²) < 4.78 is 46.2. The average Bonchev–Trinajstić information content (AvgIpc) is 2.87. The highest BCUT2D eigenvalue weighted by Crippen LogP contribution is 2.57. The lowest BCUT2D eigenvalue weighted by molar-refractivity contribution is -0.385. The van der Waals surface area contributed by atoms with Crippen LogP contribution in [0, 0.1) is 20.9 Å². The largest absolute Gasteiger partial charge is 0.448 e. The second kappa shape index (κ2) is 10.9. The van der Waals surface area contributed by atoms with Crippen molar-refractivity contribution in [3.63, 3.8) is 0 Å². The molecular weight excluding hydrogens is 620 g/mol. The summed E-state index contributed by atoms with van der Waals surface area (Å²) in [5.74, 6) is -1.90.